The average Bonchev–Trinajstić information content (AvgIpc) is 3.09. The lowest BCUT2D eigenvalue weighted by Gasteiger charge is -2.35. The number of ether oxygens (including phenoxy) is 2. The van der Waals surface area contributed by atoms with Crippen molar-refractivity contribution in [2.45, 2.75) is 12.5 Å². The first-order valence-electron chi connectivity index (χ1n) is 8.14. The smallest absolute Gasteiger partial charge is 0.310 e. The fraction of sp³-hybridized carbons (Fsp3) is 0.333. The molecule has 25 heavy (non-hydrogen) atoms. The number of aromatic nitrogens is 1. The van der Waals surface area contributed by atoms with E-state index in [2.05, 4.69) is 4.98 Å². The van der Waals surface area contributed by atoms with Gasteiger partial charge in [0, 0.05) is 30.5 Å². The molecule has 0 aliphatic carbocycles. The molecule has 0 bridgehead atoms. The maximum Gasteiger partial charge on any atom is 0.310 e. The molecule has 2 aliphatic heterocycles. The summed E-state index contributed by atoms with van der Waals surface area (Å²) in [5.41, 5.74) is 2.56. The second-order valence-corrected chi connectivity index (χ2v) is 6.21. The highest BCUT2D eigenvalue weighted by Gasteiger charge is 2.33. The predicted molar refractivity (Wildman–Crippen MR) is 89.8 cm³/mol. The molecule has 2 N–H and O–H groups in total. The molecule has 0 unspecified atom stereocenters. The van der Waals surface area contributed by atoms with Crippen molar-refractivity contribution in [3.8, 4) is 22.8 Å². The van der Waals surface area contributed by atoms with Crippen LogP contribution in [0.1, 0.15) is 6.42 Å². The van der Waals surface area contributed by atoms with Gasteiger partial charge in [-0.15, -0.1) is 0 Å². The minimum atomic E-state index is -0.970. The maximum atomic E-state index is 11.3. The van der Waals surface area contributed by atoms with Gasteiger partial charge in [-0.2, -0.15) is 0 Å². The molecule has 1 aromatic carbocycles. The Morgan fingerprint density at radius 3 is 2.88 bits per heavy atom. The summed E-state index contributed by atoms with van der Waals surface area (Å²) >= 11 is 0. The molecule has 0 saturated carbocycles. The van der Waals surface area contributed by atoms with Crippen LogP contribution in [0.5, 0.6) is 11.5 Å². The van der Waals surface area contributed by atoms with E-state index < -0.39 is 18.0 Å². The van der Waals surface area contributed by atoms with Crippen molar-refractivity contribution in [2.75, 3.05) is 24.8 Å². The number of benzene rings is 1. The molecule has 3 heterocycles. The van der Waals surface area contributed by atoms with E-state index >= 15 is 0 Å². The number of carboxylic acid groups (broad SMARTS) is 1. The first-order valence-corrected chi connectivity index (χ1v) is 8.14. The van der Waals surface area contributed by atoms with Crippen molar-refractivity contribution in [1.82, 2.24) is 4.98 Å². The number of aliphatic hydroxyl groups excluding tert-OH is 1. The molecule has 2 aliphatic rings. The van der Waals surface area contributed by atoms with Crippen molar-refractivity contribution in [3.63, 3.8) is 0 Å². The summed E-state index contributed by atoms with van der Waals surface area (Å²) in [5.74, 6) is -0.343. The standard InChI is InChI=1S/C18H18N2O5/c21-15-4-6-20(9-13(15)18(22)23)12-3-5-19-14(8-12)11-1-2-16-17(7-11)25-10-24-16/h1-3,5,7-8,13,15,21H,4,6,9-10H2,(H,22,23)/t13-,15+/m1/s1. The Morgan fingerprint density at radius 2 is 2.04 bits per heavy atom. The summed E-state index contributed by atoms with van der Waals surface area (Å²) in [6.45, 7) is 1.11. The van der Waals surface area contributed by atoms with Gasteiger partial charge in [-0.25, -0.2) is 0 Å². The normalized spacial score (nSPS) is 22.0. The largest absolute Gasteiger partial charge is 0.481 e. The van der Waals surface area contributed by atoms with E-state index in [1.54, 1.807) is 6.20 Å². The van der Waals surface area contributed by atoms with Gasteiger partial charge >= 0.3 is 5.97 Å². The lowest BCUT2D eigenvalue weighted by Crippen LogP contribution is -2.46. The number of rotatable bonds is 3. The van der Waals surface area contributed by atoms with Gasteiger partial charge in [0.05, 0.1) is 11.8 Å². The number of hydrogen-bond donors (Lipinski definition) is 2. The molecule has 0 amide bonds. The number of pyridine rings is 1. The van der Waals surface area contributed by atoms with Crippen LogP contribution < -0.4 is 14.4 Å². The third-order valence-electron chi connectivity index (χ3n) is 4.67. The Balaban J connectivity index is 1.60. The SMILES string of the molecule is O=C(O)[C@@H]1CN(c2ccnc(-c3ccc4c(c3)OCO4)c2)CC[C@@H]1O. The second kappa shape index (κ2) is 6.25. The molecule has 7 nitrogen and oxygen atoms in total. The van der Waals surface area contributed by atoms with E-state index in [0.29, 0.717) is 24.5 Å². The van der Waals surface area contributed by atoms with Crippen LogP contribution in [-0.2, 0) is 4.79 Å². The number of piperidine rings is 1. The van der Waals surface area contributed by atoms with Crippen LogP contribution >= 0.6 is 0 Å². The fourth-order valence-corrected chi connectivity index (χ4v) is 3.25. The topological polar surface area (TPSA) is 92.1 Å². The van der Waals surface area contributed by atoms with Crippen LogP contribution in [0, 0.1) is 5.92 Å². The molecule has 2 atom stereocenters. The van der Waals surface area contributed by atoms with Crippen molar-refractivity contribution >= 4 is 11.7 Å². The van der Waals surface area contributed by atoms with Gasteiger partial charge in [-0.1, -0.05) is 0 Å². The Morgan fingerprint density at radius 1 is 1.20 bits per heavy atom. The third kappa shape index (κ3) is 2.98. The highest BCUT2D eigenvalue weighted by atomic mass is 16.7. The summed E-state index contributed by atoms with van der Waals surface area (Å²) in [6.07, 6.45) is 1.33. The molecule has 0 spiro atoms. The van der Waals surface area contributed by atoms with Crippen LogP contribution in [0.3, 0.4) is 0 Å². The van der Waals surface area contributed by atoms with Crippen LogP contribution in [0.25, 0.3) is 11.3 Å². The minimum Gasteiger partial charge on any atom is -0.481 e. The summed E-state index contributed by atoms with van der Waals surface area (Å²) in [6, 6.07) is 9.43. The number of hydrogen-bond acceptors (Lipinski definition) is 6. The zero-order valence-electron chi connectivity index (χ0n) is 13.5. The number of fused-ring (bicyclic) bond motifs is 1. The summed E-state index contributed by atoms with van der Waals surface area (Å²) in [5, 5.41) is 19.2. The number of anilines is 1. The van der Waals surface area contributed by atoms with E-state index in [4.69, 9.17) is 9.47 Å². The number of carboxylic acids is 1. The van der Waals surface area contributed by atoms with Crippen molar-refractivity contribution in [1.29, 1.82) is 0 Å². The van der Waals surface area contributed by atoms with Gasteiger partial charge in [-0.3, -0.25) is 9.78 Å². The summed E-state index contributed by atoms with van der Waals surface area (Å²) in [4.78, 5) is 17.7. The highest BCUT2D eigenvalue weighted by molar-refractivity contribution is 5.73. The Bertz CT molecular complexity index is 810. The monoisotopic (exact) mass is 342 g/mol. The molecule has 1 fully saturated rings. The van der Waals surface area contributed by atoms with Crippen molar-refractivity contribution in [2.24, 2.45) is 5.92 Å². The average molecular weight is 342 g/mol. The number of aliphatic carboxylic acids is 1. The first-order chi connectivity index (χ1) is 12.1. The van der Waals surface area contributed by atoms with Gasteiger partial charge < -0.3 is 24.6 Å². The lowest BCUT2D eigenvalue weighted by atomic mass is 9.94. The van der Waals surface area contributed by atoms with Gasteiger partial charge in [0.1, 0.15) is 5.92 Å². The van der Waals surface area contributed by atoms with E-state index in [-0.39, 0.29) is 13.3 Å². The second-order valence-electron chi connectivity index (χ2n) is 6.21. The van der Waals surface area contributed by atoms with Gasteiger partial charge in [0.15, 0.2) is 11.5 Å². The van der Waals surface area contributed by atoms with E-state index in [1.165, 1.54) is 0 Å². The molecule has 2 aromatic rings. The van der Waals surface area contributed by atoms with E-state index in [1.807, 2.05) is 35.2 Å². The Kier molecular flexibility index (Phi) is 3.93. The van der Waals surface area contributed by atoms with E-state index in [9.17, 15) is 15.0 Å². The molecule has 1 saturated heterocycles. The van der Waals surface area contributed by atoms with Crippen LogP contribution in [-0.4, -0.2) is 47.2 Å². The zero-order chi connectivity index (χ0) is 17.4. The Hall–Kier alpha value is -2.80. The maximum absolute atomic E-state index is 11.3. The number of aliphatic hydroxyl groups is 1. The van der Waals surface area contributed by atoms with Crippen LogP contribution in [0.2, 0.25) is 0 Å². The fourth-order valence-electron chi connectivity index (χ4n) is 3.25. The summed E-state index contributed by atoms with van der Waals surface area (Å²) in [7, 11) is 0. The lowest BCUT2D eigenvalue weighted by molar-refractivity contribution is -0.146. The predicted octanol–water partition coefficient (Wildman–Crippen LogP) is 1.75. The Labute approximate surface area is 144 Å². The van der Waals surface area contributed by atoms with Crippen LogP contribution in [0.4, 0.5) is 5.69 Å². The summed E-state index contributed by atoms with van der Waals surface area (Å²) < 4.78 is 10.7. The minimum absolute atomic E-state index is 0.221. The quantitative estimate of drug-likeness (QED) is 0.878. The van der Waals surface area contributed by atoms with Gasteiger partial charge in [0.2, 0.25) is 6.79 Å². The number of nitrogens with zero attached hydrogens (tertiary/aromatic N) is 2. The molecule has 0 radical (unpaired) electrons. The van der Waals surface area contributed by atoms with Gasteiger partial charge in [-0.05, 0) is 36.8 Å². The molecule has 1 aromatic heterocycles. The first kappa shape index (κ1) is 15.7. The van der Waals surface area contributed by atoms with Crippen molar-refractivity contribution in [3.05, 3.63) is 36.5 Å². The number of carbonyl (C=O) groups is 1. The third-order valence-corrected chi connectivity index (χ3v) is 4.67. The zero-order valence-corrected chi connectivity index (χ0v) is 13.5. The molecule has 4 rings (SSSR count). The van der Waals surface area contributed by atoms with Crippen molar-refractivity contribution < 1.29 is 24.5 Å². The van der Waals surface area contributed by atoms with E-state index in [0.717, 1.165) is 16.9 Å². The molecular weight excluding hydrogens is 324 g/mol. The molecular formula is C18H18N2O5. The molecule has 130 valence electrons. The van der Waals surface area contributed by atoms with Crippen LogP contribution in [0.15, 0.2) is 36.5 Å². The highest BCUT2D eigenvalue weighted by Crippen LogP contribution is 2.36. The molecule has 7 heteroatoms. The van der Waals surface area contributed by atoms with Gasteiger partial charge in [0.25, 0.3) is 0 Å².